The highest BCUT2D eigenvalue weighted by Gasteiger charge is 2.03. The fourth-order valence-electron chi connectivity index (χ4n) is 1.80. The monoisotopic (exact) mass is 278 g/mol. The summed E-state index contributed by atoms with van der Waals surface area (Å²) in [4.78, 5) is 11.7. The van der Waals surface area contributed by atoms with E-state index in [0.29, 0.717) is 19.6 Å². The summed E-state index contributed by atoms with van der Waals surface area (Å²) in [5, 5.41) is 6.25. The van der Waals surface area contributed by atoms with Crippen molar-refractivity contribution in [2.24, 2.45) is 0 Å². The Kier molecular flexibility index (Phi) is 8.67. The van der Waals surface area contributed by atoms with E-state index in [-0.39, 0.29) is 5.91 Å². The van der Waals surface area contributed by atoms with Crippen molar-refractivity contribution in [1.82, 2.24) is 5.32 Å². The van der Waals surface area contributed by atoms with E-state index in [9.17, 15) is 4.79 Å². The van der Waals surface area contributed by atoms with Crippen molar-refractivity contribution in [3.63, 3.8) is 0 Å². The molecule has 0 spiro atoms. The van der Waals surface area contributed by atoms with E-state index in [0.717, 1.165) is 31.6 Å². The van der Waals surface area contributed by atoms with Gasteiger partial charge in [0.15, 0.2) is 0 Å². The van der Waals surface area contributed by atoms with E-state index in [1.54, 1.807) is 0 Å². The lowest BCUT2D eigenvalue weighted by atomic mass is 10.2. The Balaban J connectivity index is 2.35. The molecule has 0 atom stereocenters. The number of carbonyl (C=O) groups excluding carboxylic acids is 1. The quantitative estimate of drug-likeness (QED) is 0.647. The molecule has 1 rings (SSSR count). The Bertz CT molecular complexity index is 394. The van der Waals surface area contributed by atoms with Gasteiger partial charge < -0.3 is 15.4 Å². The third-order valence-corrected chi connectivity index (χ3v) is 2.79. The molecule has 0 radical (unpaired) electrons. The number of hydrogen-bond acceptors (Lipinski definition) is 3. The van der Waals surface area contributed by atoms with Gasteiger partial charge in [0.1, 0.15) is 0 Å². The predicted octanol–water partition coefficient (Wildman–Crippen LogP) is 2.94. The highest BCUT2D eigenvalue weighted by Crippen LogP contribution is 2.11. The number of ether oxygens (including phenoxy) is 1. The van der Waals surface area contributed by atoms with Crippen LogP contribution in [0, 0.1) is 0 Å². The molecule has 2 N–H and O–H groups in total. The summed E-state index contributed by atoms with van der Waals surface area (Å²) in [6.07, 6.45) is 2.50. The van der Waals surface area contributed by atoms with E-state index in [2.05, 4.69) is 30.5 Å². The summed E-state index contributed by atoms with van der Waals surface area (Å²) in [6.45, 7) is 7.23. The predicted molar refractivity (Wildman–Crippen MR) is 82.8 cm³/mol. The van der Waals surface area contributed by atoms with Gasteiger partial charge in [-0.25, -0.2) is 0 Å². The fraction of sp³-hybridized carbons (Fsp3) is 0.562. The molecule has 1 aromatic carbocycles. The molecule has 0 aliphatic heterocycles. The first-order valence-electron chi connectivity index (χ1n) is 7.43. The number of nitrogens with one attached hydrogen (secondary N) is 2. The largest absolute Gasteiger partial charge is 0.381 e. The smallest absolute Gasteiger partial charge is 0.226 e. The summed E-state index contributed by atoms with van der Waals surface area (Å²) in [7, 11) is 0. The fourth-order valence-corrected chi connectivity index (χ4v) is 1.80. The highest BCUT2D eigenvalue weighted by atomic mass is 16.5. The molecule has 0 saturated carbocycles. The summed E-state index contributed by atoms with van der Waals surface area (Å²) >= 11 is 0. The molecule has 0 aromatic heterocycles. The van der Waals surface area contributed by atoms with Crippen LogP contribution in [-0.4, -0.2) is 25.7 Å². The highest BCUT2D eigenvalue weighted by molar-refractivity contribution is 5.90. The average Bonchev–Trinajstić information content (AvgIpc) is 2.44. The van der Waals surface area contributed by atoms with Gasteiger partial charge in [-0.3, -0.25) is 4.79 Å². The summed E-state index contributed by atoms with van der Waals surface area (Å²) in [5.74, 6) is -0.000213. The Morgan fingerprint density at radius 1 is 1.20 bits per heavy atom. The van der Waals surface area contributed by atoms with Crippen molar-refractivity contribution in [2.45, 2.75) is 39.7 Å². The number of carbonyl (C=O) groups is 1. The second-order valence-electron chi connectivity index (χ2n) is 4.79. The first-order valence-corrected chi connectivity index (χ1v) is 7.43. The average molecular weight is 278 g/mol. The number of anilines is 1. The van der Waals surface area contributed by atoms with E-state index < -0.39 is 0 Å². The van der Waals surface area contributed by atoms with E-state index >= 15 is 0 Å². The van der Waals surface area contributed by atoms with E-state index in [1.165, 1.54) is 5.56 Å². The van der Waals surface area contributed by atoms with Crippen molar-refractivity contribution in [1.29, 1.82) is 0 Å². The molecule has 1 amide bonds. The van der Waals surface area contributed by atoms with Crippen LogP contribution in [0.4, 0.5) is 5.69 Å². The third kappa shape index (κ3) is 7.26. The molecule has 4 nitrogen and oxygen atoms in total. The summed E-state index contributed by atoms with van der Waals surface area (Å²) in [6, 6.07) is 7.94. The van der Waals surface area contributed by atoms with Crippen LogP contribution >= 0.6 is 0 Å². The molecular weight excluding hydrogens is 252 g/mol. The van der Waals surface area contributed by atoms with Gasteiger partial charge in [0.25, 0.3) is 0 Å². The zero-order chi connectivity index (χ0) is 14.6. The molecule has 1 aromatic rings. The SMILES string of the molecule is CCCNCc1cccc(NC(=O)CCOCCC)c1. The minimum Gasteiger partial charge on any atom is -0.381 e. The number of hydrogen-bond donors (Lipinski definition) is 2. The third-order valence-electron chi connectivity index (χ3n) is 2.79. The first-order chi connectivity index (χ1) is 9.76. The molecule has 20 heavy (non-hydrogen) atoms. The van der Waals surface area contributed by atoms with Crippen LogP contribution in [0.5, 0.6) is 0 Å². The van der Waals surface area contributed by atoms with Crippen LogP contribution in [0.25, 0.3) is 0 Å². The molecule has 0 bridgehead atoms. The van der Waals surface area contributed by atoms with E-state index in [1.807, 2.05) is 18.2 Å². The normalized spacial score (nSPS) is 10.5. The standard InChI is InChI=1S/C16H26N2O2/c1-3-9-17-13-14-6-5-7-15(12-14)18-16(19)8-11-20-10-4-2/h5-7,12,17H,3-4,8-11,13H2,1-2H3,(H,18,19). The van der Waals surface area contributed by atoms with Crippen LogP contribution in [0.3, 0.4) is 0 Å². The van der Waals surface area contributed by atoms with Crippen molar-refractivity contribution in [3.8, 4) is 0 Å². The van der Waals surface area contributed by atoms with Gasteiger partial charge in [-0.1, -0.05) is 26.0 Å². The second kappa shape index (κ2) is 10.4. The molecule has 0 saturated heterocycles. The second-order valence-corrected chi connectivity index (χ2v) is 4.79. The van der Waals surface area contributed by atoms with Crippen molar-refractivity contribution in [2.75, 3.05) is 25.1 Å². The van der Waals surface area contributed by atoms with E-state index in [4.69, 9.17) is 4.74 Å². The van der Waals surface area contributed by atoms with Crippen LogP contribution in [0.15, 0.2) is 24.3 Å². The van der Waals surface area contributed by atoms with Crippen molar-refractivity contribution < 1.29 is 9.53 Å². The van der Waals surface area contributed by atoms with Crippen LogP contribution < -0.4 is 10.6 Å². The molecule has 112 valence electrons. The minimum atomic E-state index is -0.000213. The Hall–Kier alpha value is -1.39. The first kappa shape index (κ1) is 16.7. The van der Waals surface area contributed by atoms with Crippen molar-refractivity contribution in [3.05, 3.63) is 29.8 Å². The lowest BCUT2D eigenvalue weighted by molar-refractivity contribution is -0.117. The Morgan fingerprint density at radius 2 is 2.05 bits per heavy atom. The van der Waals surface area contributed by atoms with Crippen LogP contribution in [0.1, 0.15) is 38.7 Å². The van der Waals surface area contributed by atoms with Crippen LogP contribution in [-0.2, 0) is 16.1 Å². The minimum absolute atomic E-state index is 0.000213. The summed E-state index contributed by atoms with van der Waals surface area (Å²) < 4.78 is 5.31. The van der Waals surface area contributed by atoms with Gasteiger partial charge >= 0.3 is 0 Å². The van der Waals surface area contributed by atoms with Gasteiger partial charge in [-0.2, -0.15) is 0 Å². The summed E-state index contributed by atoms with van der Waals surface area (Å²) in [5.41, 5.74) is 2.03. The topological polar surface area (TPSA) is 50.4 Å². The molecule has 0 fully saturated rings. The number of rotatable bonds is 10. The van der Waals surface area contributed by atoms with Gasteiger partial charge in [0.05, 0.1) is 13.0 Å². The van der Waals surface area contributed by atoms with Gasteiger partial charge in [-0.05, 0) is 37.1 Å². The lowest BCUT2D eigenvalue weighted by Crippen LogP contribution is -2.16. The zero-order valence-corrected chi connectivity index (χ0v) is 12.6. The molecule has 0 aliphatic carbocycles. The van der Waals surface area contributed by atoms with Gasteiger partial charge in [0.2, 0.25) is 5.91 Å². The molecule has 0 aliphatic rings. The maximum atomic E-state index is 11.7. The zero-order valence-electron chi connectivity index (χ0n) is 12.6. The molecule has 0 unspecified atom stereocenters. The van der Waals surface area contributed by atoms with Crippen molar-refractivity contribution >= 4 is 11.6 Å². The molecular formula is C16H26N2O2. The van der Waals surface area contributed by atoms with Gasteiger partial charge in [-0.15, -0.1) is 0 Å². The lowest BCUT2D eigenvalue weighted by Gasteiger charge is -2.08. The maximum Gasteiger partial charge on any atom is 0.226 e. The number of benzene rings is 1. The number of amides is 1. The molecule has 4 heteroatoms. The van der Waals surface area contributed by atoms with Crippen LogP contribution in [0.2, 0.25) is 0 Å². The Morgan fingerprint density at radius 3 is 2.80 bits per heavy atom. The molecule has 0 heterocycles. The van der Waals surface area contributed by atoms with Gasteiger partial charge in [0, 0.05) is 18.8 Å². The maximum absolute atomic E-state index is 11.7. The Labute approximate surface area is 121 Å².